The van der Waals surface area contributed by atoms with Crippen molar-refractivity contribution in [3.63, 3.8) is 0 Å². The quantitative estimate of drug-likeness (QED) is 0.916. The van der Waals surface area contributed by atoms with Gasteiger partial charge in [0.1, 0.15) is 5.75 Å². The van der Waals surface area contributed by atoms with E-state index in [1.807, 2.05) is 18.2 Å². The Morgan fingerprint density at radius 3 is 2.68 bits per heavy atom. The van der Waals surface area contributed by atoms with Gasteiger partial charge in [-0.05, 0) is 33.5 Å². The second-order valence-corrected chi connectivity index (χ2v) is 5.25. The molecule has 0 amide bonds. The normalized spacial score (nSPS) is 10.6. The Kier molecular flexibility index (Phi) is 4.37. The Labute approximate surface area is 121 Å². The molecule has 2 rings (SSSR count). The zero-order valence-corrected chi connectivity index (χ0v) is 12.7. The molecule has 0 radical (unpaired) electrons. The van der Waals surface area contributed by atoms with Crippen molar-refractivity contribution in [2.75, 3.05) is 12.4 Å². The largest absolute Gasteiger partial charge is 0.437 e. The minimum absolute atomic E-state index is 0.389. The van der Waals surface area contributed by atoms with Gasteiger partial charge in [0.15, 0.2) is 0 Å². The Morgan fingerprint density at radius 1 is 1.26 bits per heavy atom. The van der Waals surface area contributed by atoms with Crippen molar-refractivity contribution in [3.8, 4) is 11.6 Å². The van der Waals surface area contributed by atoms with Crippen LogP contribution in [0.1, 0.15) is 25.3 Å². The molecule has 0 spiro atoms. The number of para-hydroxylation sites is 1. The van der Waals surface area contributed by atoms with Crippen molar-refractivity contribution in [2.45, 2.75) is 19.8 Å². The van der Waals surface area contributed by atoms with Crippen LogP contribution in [-0.2, 0) is 0 Å². The van der Waals surface area contributed by atoms with Crippen LogP contribution in [0.25, 0.3) is 0 Å². The minimum atomic E-state index is 0.389. The third-order valence-electron chi connectivity index (χ3n) is 2.68. The van der Waals surface area contributed by atoms with Crippen molar-refractivity contribution in [1.29, 1.82) is 0 Å². The molecule has 0 aliphatic heterocycles. The molecule has 0 bridgehead atoms. The molecule has 0 aliphatic carbocycles. The first-order chi connectivity index (χ1) is 9.11. The Bertz CT molecular complexity index is 572. The highest BCUT2D eigenvalue weighted by Crippen LogP contribution is 2.32. The molecule has 0 saturated heterocycles. The number of anilines is 1. The molecule has 5 heteroatoms. The van der Waals surface area contributed by atoms with Crippen LogP contribution in [0.4, 0.5) is 5.95 Å². The summed E-state index contributed by atoms with van der Waals surface area (Å²) in [5, 5.41) is 2.89. The number of halogens is 1. The first kappa shape index (κ1) is 13.8. The smallest absolute Gasteiger partial charge is 0.238 e. The van der Waals surface area contributed by atoms with E-state index in [1.165, 1.54) is 0 Å². The molecule has 1 aromatic carbocycles. The molecule has 0 saturated carbocycles. The van der Waals surface area contributed by atoms with E-state index in [-0.39, 0.29) is 0 Å². The third-order valence-corrected chi connectivity index (χ3v) is 3.23. The maximum Gasteiger partial charge on any atom is 0.238 e. The summed E-state index contributed by atoms with van der Waals surface area (Å²) in [6.45, 7) is 4.27. The molecule has 1 N–H and O–H groups in total. The van der Waals surface area contributed by atoms with Crippen LogP contribution in [0.3, 0.4) is 0 Å². The second kappa shape index (κ2) is 6.02. The van der Waals surface area contributed by atoms with Crippen LogP contribution in [0.15, 0.2) is 34.9 Å². The highest BCUT2D eigenvalue weighted by molar-refractivity contribution is 9.10. The van der Waals surface area contributed by atoms with Crippen LogP contribution in [0, 0.1) is 0 Å². The molecule has 19 heavy (non-hydrogen) atoms. The van der Waals surface area contributed by atoms with Crippen LogP contribution in [0.5, 0.6) is 11.6 Å². The number of benzene rings is 1. The van der Waals surface area contributed by atoms with Crippen LogP contribution >= 0.6 is 15.9 Å². The van der Waals surface area contributed by atoms with Gasteiger partial charge in [0.25, 0.3) is 0 Å². The molecule has 0 aliphatic rings. The van der Waals surface area contributed by atoms with Crippen LogP contribution < -0.4 is 10.1 Å². The number of hydrogen-bond acceptors (Lipinski definition) is 4. The van der Waals surface area contributed by atoms with Gasteiger partial charge in [0, 0.05) is 7.05 Å². The fourth-order valence-electron chi connectivity index (χ4n) is 1.70. The number of ether oxygens (including phenoxy) is 1. The number of nitrogens with one attached hydrogen (secondary N) is 1. The van der Waals surface area contributed by atoms with Gasteiger partial charge in [0.05, 0.1) is 10.7 Å². The van der Waals surface area contributed by atoms with E-state index in [1.54, 1.807) is 13.2 Å². The van der Waals surface area contributed by atoms with E-state index in [2.05, 4.69) is 51.1 Å². The van der Waals surface area contributed by atoms with Crippen molar-refractivity contribution < 1.29 is 4.74 Å². The lowest BCUT2D eigenvalue weighted by molar-refractivity contribution is 0.450. The van der Waals surface area contributed by atoms with Gasteiger partial charge in [-0.15, -0.1) is 0 Å². The molecule has 4 nitrogen and oxygen atoms in total. The molecule has 1 aromatic heterocycles. The van der Waals surface area contributed by atoms with E-state index >= 15 is 0 Å². The van der Waals surface area contributed by atoms with Gasteiger partial charge in [0.2, 0.25) is 11.8 Å². The molecule has 0 unspecified atom stereocenters. The third kappa shape index (κ3) is 3.23. The van der Waals surface area contributed by atoms with Crippen LogP contribution in [0.2, 0.25) is 0 Å². The van der Waals surface area contributed by atoms with Gasteiger partial charge in [-0.25, -0.2) is 4.98 Å². The summed E-state index contributed by atoms with van der Waals surface area (Å²) in [5.41, 5.74) is 1.15. The number of nitrogens with zero attached hydrogens (tertiary/aromatic N) is 2. The topological polar surface area (TPSA) is 47.0 Å². The first-order valence-corrected chi connectivity index (χ1v) is 6.88. The second-order valence-electron chi connectivity index (χ2n) is 4.39. The van der Waals surface area contributed by atoms with E-state index < -0.39 is 0 Å². The molecule has 0 atom stereocenters. The van der Waals surface area contributed by atoms with E-state index in [0.29, 0.717) is 17.7 Å². The van der Waals surface area contributed by atoms with Gasteiger partial charge in [-0.3, -0.25) is 0 Å². The average molecular weight is 322 g/mol. The zero-order valence-electron chi connectivity index (χ0n) is 11.1. The summed E-state index contributed by atoms with van der Waals surface area (Å²) in [7, 11) is 1.77. The zero-order chi connectivity index (χ0) is 13.8. The summed E-state index contributed by atoms with van der Waals surface area (Å²) in [5.74, 6) is 2.24. The summed E-state index contributed by atoms with van der Waals surface area (Å²) in [6.07, 6.45) is 1.67. The molecule has 100 valence electrons. The Morgan fingerprint density at radius 2 is 2.00 bits per heavy atom. The van der Waals surface area contributed by atoms with E-state index in [0.717, 1.165) is 15.8 Å². The lowest BCUT2D eigenvalue weighted by Crippen LogP contribution is -2.00. The monoisotopic (exact) mass is 321 g/mol. The van der Waals surface area contributed by atoms with Crippen molar-refractivity contribution in [3.05, 3.63) is 40.5 Å². The summed E-state index contributed by atoms with van der Waals surface area (Å²) < 4.78 is 6.63. The van der Waals surface area contributed by atoms with Crippen LogP contribution in [-0.4, -0.2) is 17.0 Å². The standard InChI is InChI=1S/C14H16BrN3O/c1-9(2)10-6-4-5-7-12(10)19-13-11(15)8-17-14(16-3)18-13/h4-9H,1-3H3,(H,16,17,18). The highest BCUT2D eigenvalue weighted by Gasteiger charge is 2.11. The molecule has 2 aromatic rings. The van der Waals surface area contributed by atoms with Crippen molar-refractivity contribution in [2.24, 2.45) is 0 Å². The molecule has 0 fully saturated rings. The predicted octanol–water partition coefficient (Wildman–Crippen LogP) is 4.20. The molecule has 1 heterocycles. The number of aromatic nitrogens is 2. The minimum Gasteiger partial charge on any atom is -0.437 e. The molecular formula is C14H16BrN3O. The van der Waals surface area contributed by atoms with Crippen molar-refractivity contribution >= 4 is 21.9 Å². The summed E-state index contributed by atoms with van der Waals surface area (Å²) >= 11 is 3.40. The van der Waals surface area contributed by atoms with Crippen molar-refractivity contribution in [1.82, 2.24) is 9.97 Å². The summed E-state index contributed by atoms with van der Waals surface area (Å²) in [4.78, 5) is 8.40. The SMILES string of the molecule is CNc1ncc(Br)c(Oc2ccccc2C(C)C)n1. The fourth-order valence-corrected chi connectivity index (χ4v) is 1.97. The summed E-state index contributed by atoms with van der Waals surface area (Å²) in [6, 6.07) is 7.97. The maximum absolute atomic E-state index is 5.91. The van der Waals surface area contributed by atoms with Gasteiger partial charge >= 0.3 is 0 Å². The molecular weight excluding hydrogens is 306 g/mol. The van der Waals surface area contributed by atoms with Gasteiger partial charge < -0.3 is 10.1 Å². The lowest BCUT2D eigenvalue weighted by atomic mass is 10.0. The first-order valence-electron chi connectivity index (χ1n) is 6.09. The maximum atomic E-state index is 5.91. The average Bonchev–Trinajstić information content (AvgIpc) is 2.41. The lowest BCUT2D eigenvalue weighted by Gasteiger charge is -2.13. The van der Waals surface area contributed by atoms with E-state index in [4.69, 9.17) is 4.74 Å². The highest BCUT2D eigenvalue weighted by atomic mass is 79.9. The van der Waals surface area contributed by atoms with E-state index in [9.17, 15) is 0 Å². The fraction of sp³-hybridized carbons (Fsp3) is 0.286. The Balaban J connectivity index is 2.36. The van der Waals surface area contributed by atoms with Gasteiger partial charge in [-0.2, -0.15) is 4.98 Å². The number of rotatable bonds is 4. The number of hydrogen-bond donors (Lipinski definition) is 1. The Hall–Kier alpha value is -1.62. The predicted molar refractivity (Wildman–Crippen MR) is 79.9 cm³/mol. The van der Waals surface area contributed by atoms with Gasteiger partial charge in [-0.1, -0.05) is 32.0 Å².